The van der Waals surface area contributed by atoms with E-state index < -0.39 is 0 Å². The Kier molecular flexibility index (Phi) is 5.40. The van der Waals surface area contributed by atoms with Gasteiger partial charge in [-0.2, -0.15) is 11.8 Å². The van der Waals surface area contributed by atoms with Crippen molar-refractivity contribution in [3.05, 3.63) is 0 Å². The minimum atomic E-state index is 0.341. The fraction of sp³-hybridized carbons (Fsp3) is 1.00. The summed E-state index contributed by atoms with van der Waals surface area (Å²) >= 11 is 2.05. The first-order valence-corrected chi connectivity index (χ1v) is 8.97. The second kappa shape index (κ2) is 6.62. The molecule has 1 saturated heterocycles. The minimum Gasteiger partial charge on any atom is -0.329 e. The van der Waals surface area contributed by atoms with Crippen LogP contribution in [0.4, 0.5) is 0 Å². The van der Waals surface area contributed by atoms with E-state index in [1.807, 2.05) is 11.8 Å². The van der Waals surface area contributed by atoms with E-state index in [4.69, 9.17) is 5.73 Å². The van der Waals surface area contributed by atoms with E-state index in [1.54, 1.807) is 0 Å². The number of thioether (sulfide) groups is 1. The van der Waals surface area contributed by atoms with E-state index >= 15 is 0 Å². The Morgan fingerprint density at radius 2 is 1.89 bits per heavy atom. The van der Waals surface area contributed by atoms with Crippen LogP contribution in [-0.4, -0.2) is 41.6 Å². The number of nitrogens with two attached hydrogens (primary N) is 1. The van der Waals surface area contributed by atoms with Gasteiger partial charge in [-0.15, -0.1) is 0 Å². The van der Waals surface area contributed by atoms with Gasteiger partial charge in [0.1, 0.15) is 0 Å². The lowest BCUT2D eigenvalue weighted by Gasteiger charge is -2.46. The smallest absolute Gasteiger partial charge is 0.0331 e. The fourth-order valence-electron chi connectivity index (χ4n) is 3.78. The maximum absolute atomic E-state index is 6.20. The Morgan fingerprint density at radius 3 is 2.50 bits per heavy atom. The minimum absolute atomic E-state index is 0.341. The molecule has 0 radical (unpaired) electrons. The molecule has 0 amide bonds. The van der Waals surface area contributed by atoms with Gasteiger partial charge >= 0.3 is 0 Å². The summed E-state index contributed by atoms with van der Waals surface area (Å²) in [6, 6.07) is 0. The molecule has 2 unspecified atom stereocenters. The average Bonchev–Trinajstić information content (AvgIpc) is 2.62. The lowest BCUT2D eigenvalue weighted by Crippen LogP contribution is -2.56. The van der Waals surface area contributed by atoms with E-state index in [2.05, 4.69) is 18.1 Å². The van der Waals surface area contributed by atoms with Crippen molar-refractivity contribution in [2.24, 2.45) is 11.7 Å². The molecule has 2 N–H and O–H groups in total. The molecule has 2 aliphatic rings. The van der Waals surface area contributed by atoms with Crippen molar-refractivity contribution in [2.45, 2.75) is 62.7 Å². The zero-order chi connectivity index (χ0) is 13.0. The quantitative estimate of drug-likeness (QED) is 0.799. The third kappa shape index (κ3) is 3.23. The number of hydrogen-bond acceptors (Lipinski definition) is 3. The largest absolute Gasteiger partial charge is 0.329 e. The van der Waals surface area contributed by atoms with Gasteiger partial charge in [0.05, 0.1) is 0 Å². The molecule has 2 nitrogen and oxygen atoms in total. The van der Waals surface area contributed by atoms with Gasteiger partial charge in [-0.05, 0) is 57.4 Å². The molecule has 0 aromatic heterocycles. The first kappa shape index (κ1) is 14.7. The van der Waals surface area contributed by atoms with Crippen LogP contribution in [0.5, 0.6) is 0 Å². The molecule has 1 heterocycles. The molecule has 2 atom stereocenters. The van der Waals surface area contributed by atoms with Gasteiger partial charge in [-0.1, -0.05) is 19.8 Å². The van der Waals surface area contributed by atoms with Crippen LogP contribution in [0, 0.1) is 5.92 Å². The summed E-state index contributed by atoms with van der Waals surface area (Å²) in [6.07, 6.45) is 11.8. The van der Waals surface area contributed by atoms with Crippen LogP contribution in [0.2, 0.25) is 0 Å². The Hall–Kier alpha value is 0.270. The highest BCUT2D eigenvalue weighted by molar-refractivity contribution is 7.99. The van der Waals surface area contributed by atoms with Crippen LogP contribution in [-0.2, 0) is 0 Å². The van der Waals surface area contributed by atoms with Crippen LogP contribution >= 0.6 is 11.8 Å². The molecule has 0 spiro atoms. The van der Waals surface area contributed by atoms with Crippen molar-refractivity contribution >= 4 is 11.8 Å². The number of hydrogen-bond donors (Lipinski definition) is 1. The van der Waals surface area contributed by atoms with Crippen LogP contribution in [0.3, 0.4) is 0 Å². The van der Waals surface area contributed by atoms with E-state index in [9.17, 15) is 0 Å². The van der Waals surface area contributed by atoms with E-state index in [0.29, 0.717) is 5.54 Å². The van der Waals surface area contributed by atoms with Crippen LogP contribution in [0.15, 0.2) is 0 Å². The maximum atomic E-state index is 6.20. The molecule has 18 heavy (non-hydrogen) atoms. The molecule has 1 aliphatic carbocycles. The maximum Gasteiger partial charge on any atom is 0.0331 e. The molecule has 1 aliphatic heterocycles. The second-order valence-electron chi connectivity index (χ2n) is 6.39. The summed E-state index contributed by atoms with van der Waals surface area (Å²) in [7, 11) is 0. The lowest BCUT2D eigenvalue weighted by atomic mass is 9.86. The number of rotatable bonds is 3. The van der Waals surface area contributed by atoms with Crippen LogP contribution in [0.1, 0.15) is 51.9 Å². The van der Waals surface area contributed by atoms with Crippen molar-refractivity contribution in [1.29, 1.82) is 0 Å². The highest BCUT2D eigenvalue weighted by Crippen LogP contribution is 2.36. The predicted molar refractivity (Wildman–Crippen MR) is 82.1 cm³/mol. The number of nitrogens with zero attached hydrogens (tertiary/aromatic N) is 1. The van der Waals surface area contributed by atoms with Crippen molar-refractivity contribution in [3.63, 3.8) is 0 Å². The van der Waals surface area contributed by atoms with E-state index in [-0.39, 0.29) is 0 Å². The summed E-state index contributed by atoms with van der Waals surface area (Å²) in [4.78, 5) is 2.75. The van der Waals surface area contributed by atoms with Crippen molar-refractivity contribution < 1.29 is 0 Å². The van der Waals surface area contributed by atoms with E-state index in [0.717, 1.165) is 17.7 Å². The monoisotopic (exact) mass is 270 g/mol. The van der Waals surface area contributed by atoms with Crippen molar-refractivity contribution in [2.75, 3.05) is 25.9 Å². The molecule has 2 fully saturated rings. The Balaban J connectivity index is 1.98. The molecule has 106 valence electrons. The summed E-state index contributed by atoms with van der Waals surface area (Å²) in [5.41, 5.74) is 6.55. The van der Waals surface area contributed by atoms with Gasteiger partial charge in [0.15, 0.2) is 0 Å². The summed E-state index contributed by atoms with van der Waals surface area (Å²) < 4.78 is 0. The predicted octanol–water partition coefficient (Wildman–Crippen LogP) is 3.11. The third-order valence-electron chi connectivity index (χ3n) is 5.27. The first-order chi connectivity index (χ1) is 8.70. The summed E-state index contributed by atoms with van der Waals surface area (Å²) in [5.74, 6) is 0.905. The molecule has 0 aromatic rings. The molecule has 0 bridgehead atoms. The summed E-state index contributed by atoms with van der Waals surface area (Å²) in [5, 5.41) is 0.890. The number of piperidine rings is 1. The highest BCUT2D eigenvalue weighted by Gasteiger charge is 2.38. The van der Waals surface area contributed by atoms with Crippen molar-refractivity contribution in [1.82, 2.24) is 4.90 Å². The van der Waals surface area contributed by atoms with Gasteiger partial charge in [0.2, 0.25) is 0 Å². The fourth-order valence-corrected chi connectivity index (χ4v) is 4.46. The normalized spacial score (nSPS) is 36.5. The molecule has 0 aromatic carbocycles. The molecule has 3 heteroatoms. The van der Waals surface area contributed by atoms with Crippen LogP contribution < -0.4 is 5.73 Å². The zero-order valence-corrected chi connectivity index (χ0v) is 13.0. The van der Waals surface area contributed by atoms with E-state index in [1.165, 1.54) is 58.0 Å². The zero-order valence-electron chi connectivity index (χ0n) is 12.2. The van der Waals surface area contributed by atoms with Crippen LogP contribution in [0.25, 0.3) is 0 Å². The lowest BCUT2D eigenvalue weighted by molar-refractivity contribution is 0.0596. The standard InChI is InChI=1S/C15H30N2S/c1-13-4-3-8-15(12-16,9-5-13)17-10-6-14(18-2)7-11-17/h13-14H,3-12,16H2,1-2H3. The molecule has 1 saturated carbocycles. The summed E-state index contributed by atoms with van der Waals surface area (Å²) in [6.45, 7) is 5.82. The Bertz CT molecular complexity index is 251. The van der Waals surface area contributed by atoms with Gasteiger partial charge in [-0.25, -0.2) is 0 Å². The average molecular weight is 270 g/mol. The van der Waals surface area contributed by atoms with Gasteiger partial charge in [-0.3, -0.25) is 4.90 Å². The van der Waals surface area contributed by atoms with Gasteiger partial charge in [0, 0.05) is 17.3 Å². The molecule has 2 rings (SSSR count). The number of likely N-dealkylation sites (tertiary alicyclic amines) is 1. The van der Waals surface area contributed by atoms with Crippen molar-refractivity contribution in [3.8, 4) is 0 Å². The van der Waals surface area contributed by atoms with Gasteiger partial charge < -0.3 is 5.73 Å². The Morgan fingerprint density at radius 1 is 1.17 bits per heavy atom. The highest BCUT2D eigenvalue weighted by atomic mass is 32.2. The topological polar surface area (TPSA) is 29.3 Å². The molecular formula is C15H30N2S. The second-order valence-corrected chi connectivity index (χ2v) is 7.52. The Labute approximate surface area is 117 Å². The third-order valence-corrected chi connectivity index (χ3v) is 6.41. The molecular weight excluding hydrogens is 240 g/mol. The SMILES string of the molecule is CSC1CCN(C2(CN)CCCC(C)CC2)CC1. The first-order valence-electron chi connectivity index (χ1n) is 7.68. The van der Waals surface area contributed by atoms with Gasteiger partial charge in [0.25, 0.3) is 0 Å².